The molecule has 2 aliphatic heterocycles. The molecule has 0 aliphatic carbocycles. The second-order valence-electron chi connectivity index (χ2n) is 6.15. The van der Waals surface area contributed by atoms with Crippen LogP contribution in [-0.4, -0.2) is 42.6 Å². The summed E-state index contributed by atoms with van der Waals surface area (Å²) in [4.78, 5) is 9.32. The molecule has 4 heteroatoms. The number of hydrogen-bond acceptors (Lipinski definition) is 4. The van der Waals surface area contributed by atoms with Gasteiger partial charge in [0, 0.05) is 49.8 Å². The predicted octanol–water partition coefficient (Wildman–Crippen LogP) is 1.85. The molecule has 0 atom stereocenters. The minimum Gasteiger partial charge on any atom is -0.371 e. The van der Waals surface area contributed by atoms with E-state index >= 15 is 0 Å². The summed E-state index contributed by atoms with van der Waals surface area (Å²) in [6.07, 6.45) is 9.20. The number of pyridine rings is 1. The van der Waals surface area contributed by atoms with Gasteiger partial charge in [-0.3, -0.25) is 4.98 Å². The summed E-state index contributed by atoms with van der Waals surface area (Å²) in [5.74, 6) is 0.882. The Morgan fingerprint density at radius 1 is 1.15 bits per heavy atom. The van der Waals surface area contributed by atoms with Crippen molar-refractivity contribution in [2.45, 2.75) is 32.2 Å². The van der Waals surface area contributed by atoms with E-state index in [2.05, 4.69) is 20.9 Å². The Hall–Kier alpha value is -1.13. The lowest BCUT2D eigenvalue weighted by Gasteiger charge is -2.36. The Bertz CT molecular complexity index is 420. The van der Waals surface area contributed by atoms with Crippen LogP contribution in [0.3, 0.4) is 0 Å². The van der Waals surface area contributed by atoms with Crippen LogP contribution in [0.25, 0.3) is 0 Å². The molecule has 2 N–H and O–H groups in total. The van der Waals surface area contributed by atoms with Gasteiger partial charge in [0.1, 0.15) is 0 Å². The fourth-order valence-electron chi connectivity index (χ4n) is 3.57. The van der Waals surface area contributed by atoms with Crippen LogP contribution in [0.2, 0.25) is 0 Å². The molecule has 0 saturated carbocycles. The van der Waals surface area contributed by atoms with Gasteiger partial charge in [-0.15, -0.1) is 0 Å². The first kappa shape index (κ1) is 13.8. The molecule has 0 bridgehead atoms. The van der Waals surface area contributed by atoms with Crippen LogP contribution < -0.4 is 10.6 Å². The molecule has 2 aliphatic rings. The number of aromatic nitrogens is 1. The lowest BCUT2D eigenvalue weighted by Crippen LogP contribution is -2.38. The van der Waals surface area contributed by atoms with Crippen molar-refractivity contribution in [2.75, 3.05) is 37.6 Å². The highest BCUT2D eigenvalue weighted by Crippen LogP contribution is 2.26. The van der Waals surface area contributed by atoms with E-state index < -0.39 is 0 Å². The first-order valence-electron chi connectivity index (χ1n) is 7.97. The summed E-state index contributed by atoms with van der Waals surface area (Å²) < 4.78 is 0. The zero-order valence-corrected chi connectivity index (χ0v) is 12.3. The van der Waals surface area contributed by atoms with Gasteiger partial charge in [0.15, 0.2) is 0 Å². The van der Waals surface area contributed by atoms with Crippen LogP contribution in [0, 0.1) is 5.92 Å². The van der Waals surface area contributed by atoms with Gasteiger partial charge in [0.25, 0.3) is 0 Å². The van der Waals surface area contributed by atoms with Gasteiger partial charge in [-0.25, -0.2) is 0 Å². The second-order valence-corrected chi connectivity index (χ2v) is 6.15. The predicted molar refractivity (Wildman–Crippen MR) is 82.7 cm³/mol. The highest BCUT2D eigenvalue weighted by atomic mass is 15.2. The smallest absolute Gasteiger partial charge is 0.0442 e. The third kappa shape index (κ3) is 3.13. The second kappa shape index (κ2) is 6.55. The van der Waals surface area contributed by atoms with Crippen molar-refractivity contribution in [3.63, 3.8) is 0 Å². The molecule has 1 aromatic heterocycles. The van der Waals surface area contributed by atoms with E-state index in [-0.39, 0.29) is 0 Å². The van der Waals surface area contributed by atoms with Crippen molar-refractivity contribution in [1.29, 1.82) is 0 Å². The van der Waals surface area contributed by atoms with E-state index in [0.29, 0.717) is 6.54 Å². The van der Waals surface area contributed by atoms with Crippen LogP contribution >= 0.6 is 0 Å². The minimum absolute atomic E-state index is 0.580. The van der Waals surface area contributed by atoms with Gasteiger partial charge in [-0.05, 0) is 50.8 Å². The molecule has 0 radical (unpaired) electrons. The van der Waals surface area contributed by atoms with E-state index in [4.69, 9.17) is 5.73 Å². The van der Waals surface area contributed by atoms with Crippen molar-refractivity contribution in [3.05, 3.63) is 24.0 Å². The summed E-state index contributed by atoms with van der Waals surface area (Å²) in [6.45, 7) is 6.86. The number of nitrogens with zero attached hydrogens (tertiary/aromatic N) is 3. The third-order valence-electron chi connectivity index (χ3n) is 4.77. The first-order valence-corrected chi connectivity index (χ1v) is 7.97. The number of piperidine rings is 1. The molecule has 110 valence electrons. The van der Waals surface area contributed by atoms with E-state index in [1.54, 1.807) is 0 Å². The zero-order valence-electron chi connectivity index (χ0n) is 12.3. The van der Waals surface area contributed by atoms with Crippen molar-refractivity contribution >= 4 is 5.69 Å². The maximum Gasteiger partial charge on any atom is 0.0442 e. The molecule has 0 unspecified atom stereocenters. The SMILES string of the molecule is NCc1cnccc1N1CCC(CN2CCCC2)CC1. The van der Waals surface area contributed by atoms with Crippen molar-refractivity contribution in [2.24, 2.45) is 11.7 Å². The van der Waals surface area contributed by atoms with E-state index in [9.17, 15) is 0 Å². The van der Waals surface area contributed by atoms with E-state index in [0.717, 1.165) is 19.0 Å². The Labute approximate surface area is 122 Å². The van der Waals surface area contributed by atoms with Crippen molar-refractivity contribution in [3.8, 4) is 0 Å². The first-order chi connectivity index (χ1) is 9.86. The molecule has 4 nitrogen and oxygen atoms in total. The molecule has 3 rings (SSSR count). The topological polar surface area (TPSA) is 45.4 Å². The third-order valence-corrected chi connectivity index (χ3v) is 4.77. The average Bonchev–Trinajstić information content (AvgIpc) is 3.01. The van der Waals surface area contributed by atoms with Gasteiger partial charge in [0.05, 0.1) is 0 Å². The quantitative estimate of drug-likeness (QED) is 0.910. The van der Waals surface area contributed by atoms with Gasteiger partial charge < -0.3 is 15.5 Å². The van der Waals surface area contributed by atoms with Crippen molar-refractivity contribution in [1.82, 2.24) is 9.88 Å². The number of hydrogen-bond donors (Lipinski definition) is 1. The zero-order chi connectivity index (χ0) is 13.8. The molecule has 0 spiro atoms. The monoisotopic (exact) mass is 274 g/mol. The van der Waals surface area contributed by atoms with Crippen LogP contribution in [0.15, 0.2) is 18.5 Å². The molecular formula is C16H26N4. The summed E-state index contributed by atoms with van der Waals surface area (Å²) in [5.41, 5.74) is 8.29. The number of anilines is 1. The molecule has 0 amide bonds. The molecular weight excluding hydrogens is 248 g/mol. The Kier molecular flexibility index (Phi) is 4.53. The number of likely N-dealkylation sites (tertiary alicyclic amines) is 1. The van der Waals surface area contributed by atoms with Crippen LogP contribution in [0.5, 0.6) is 0 Å². The van der Waals surface area contributed by atoms with Gasteiger partial charge in [-0.1, -0.05) is 0 Å². The fourth-order valence-corrected chi connectivity index (χ4v) is 3.57. The number of nitrogens with two attached hydrogens (primary N) is 1. The lowest BCUT2D eigenvalue weighted by molar-refractivity contribution is 0.249. The summed E-state index contributed by atoms with van der Waals surface area (Å²) in [6, 6.07) is 2.11. The number of rotatable bonds is 4. The van der Waals surface area contributed by atoms with Gasteiger partial charge in [0.2, 0.25) is 0 Å². The fraction of sp³-hybridized carbons (Fsp3) is 0.688. The standard InChI is InChI=1S/C16H26N4/c17-11-15-12-18-6-3-16(15)20-9-4-14(5-10-20)13-19-7-1-2-8-19/h3,6,12,14H,1-2,4-5,7-11,13,17H2. The van der Waals surface area contributed by atoms with Crippen LogP contribution in [0.4, 0.5) is 5.69 Å². The maximum atomic E-state index is 5.82. The average molecular weight is 274 g/mol. The van der Waals surface area contributed by atoms with Crippen LogP contribution in [0.1, 0.15) is 31.2 Å². The van der Waals surface area contributed by atoms with E-state index in [1.165, 1.54) is 56.6 Å². The Morgan fingerprint density at radius 2 is 1.90 bits per heavy atom. The normalized spacial score (nSPS) is 21.6. The molecule has 2 saturated heterocycles. The van der Waals surface area contributed by atoms with Gasteiger partial charge in [-0.2, -0.15) is 0 Å². The molecule has 2 fully saturated rings. The molecule has 3 heterocycles. The molecule has 1 aromatic rings. The summed E-state index contributed by atoms with van der Waals surface area (Å²) in [7, 11) is 0. The Balaban J connectivity index is 1.55. The van der Waals surface area contributed by atoms with E-state index in [1.807, 2.05) is 12.4 Å². The van der Waals surface area contributed by atoms with Crippen molar-refractivity contribution < 1.29 is 0 Å². The summed E-state index contributed by atoms with van der Waals surface area (Å²) in [5, 5.41) is 0. The Morgan fingerprint density at radius 3 is 2.60 bits per heavy atom. The lowest BCUT2D eigenvalue weighted by atomic mass is 9.95. The van der Waals surface area contributed by atoms with Crippen LogP contribution in [-0.2, 0) is 6.54 Å². The molecule has 0 aromatic carbocycles. The summed E-state index contributed by atoms with van der Waals surface area (Å²) >= 11 is 0. The highest BCUT2D eigenvalue weighted by Gasteiger charge is 2.23. The highest BCUT2D eigenvalue weighted by molar-refractivity contribution is 5.52. The maximum absolute atomic E-state index is 5.82. The van der Waals surface area contributed by atoms with Gasteiger partial charge >= 0.3 is 0 Å². The molecule has 20 heavy (non-hydrogen) atoms. The largest absolute Gasteiger partial charge is 0.371 e. The minimum atomic E-state index is 0.580.